The molecule has 2 N–H and O–H groups in total. The Balaban J connectivity index is 2.25. The molecule has 1 aromatic carbocycles. The maximum atomic E-state index is 6.15. The third-order valence-corrected chi connectivity index (χ3v) is 3.90. The fourth-order valence-electron chi connectivity index (χ4n) is 2.70. The van der Waals surface area contributed by atoms with Crippen LogP contribution >= 0.6 is 11.6 Å². The van der Waals surface area contributed by atoms with Crippen molar-refractivity contribution in [2.24, 2.45) is 5.73 Å². The van der Waals surface area contributed by atoms with Crippen molar-refractivity contribution in [3.8, 4) is 5.75 Å². The molecule has 2 rings (SSSR count). The van der Waals surface area contributed by atoms with Crippen LogP contribution in [0.25, 0.3) is 0 Å². The molecule has 0 radical (unpaired) electrons. The minimum Gasteiger partial charge on any atom is -0.487 e. The largest absolute Gasteiger partial charge is 0.487 e. The van der Waals surface area contributed by atoms with E-state index in [0.29, 0.717) is 11.6 Å². The van der Waals surface area contributed by atoms with Gasteiger partial charge in [-0.2, -0.15) is 0 Å². The normalized spacial score (nSPS) is 24.4. The van der Waals surface area contributed by atoms with Gasteiger partial charge in [0.05, 0.1) is 5.60 Å². The first kappa shape index (κ1) is 14.6. The Kier molecular flexibility index (Phi) is 3.83. The van der Waals surface area contributed by atoms with Crippen LogP contribution in [0.2, 0.25) is 5.02 Å². The number of hydrogen-bond donors (Lipinski definition) is 1. The van der Waals surface area contributed by atoms with E-state index in [4.69, 9.17) is 26.8 Å². The first-order valence-electron chi connectivity index (χ1n) is 6.59. The van der Waals surface area contributed by atoms with Crippen LogP contribution in [0.15, 0.2) is 18.2 Å². The van der Waals surface area contributed by atoms with Crippen molar-refractivity contribution in [1.82, 2.24) is 0 Å². The molecule has 106 valence electrons. The zero-order chi connectivity index (χ0) is 14.3. The zero-order valence-electron chi connectivity index (χ0n) is 12.0. The maximum absolute atomic E-state index is 6.15. The summed E-state index contributed by atoms with van der Waals surface area (Å²) in [5.74, 6) is 0.759. The molecule has 1 saturated heterocycles. The Morgan fingerprint density at radius 3 is 2.58 bits per heavy atom. The summed E-state index contributed by atoms with van der Waals surface area (Å²) in [4.78, 5) is 0. The summed E-state index contributed by atoms with van der Waals surface area (Å²) in [5.41, 5.74) is 6.11. The van der Waals surface area contributed by atoms with E-state index in [0.717, 1.165) is 17.7 Å². The topological polar surface area (TPSA) is 44.5 Å². The average Bonchev–Trinajstić information content (AvgIpc) is 2.47. The van der Waals surface area contributed by atoms with Crippen LogP contribution < -0.4 is 10.5 Å². The summed E-state index contributed by atoms with van der Waals surface area (Å²) < 4.78 is 12.2. The molecule has 0 bridgehead atoms. The highest BCUT2D eigenvalue weighted by atomic mass is 35.5. The molecule has 1 fully saturated rings. The highest BCUT2D eigenvalue weighted by molar-refractivity contribution is 6.31. The fourth-order valence-corrected chi connectivity index (χ4v) is 2.94. The van der Waals surface area contributed by atoms with E-state index in [-0.39, 0.29) is 17.3 Å². The van der Waals surface area contributed by atoms with Gasteiger partial charge in [-0.25, -0.2) is 0 Å². The van der Waals surface area contributed by atoms with E-state index in [9.17, 15) is 0 Å². The van der Waals surface area contributed by atoms with E-state index in [2.05, 4.69) is 27.7 Å². The Hall–Kier alpha value is -0.770. The summed E-state index contributed by atoms with van der Waals surface area (Å²) >= 11 is 6.15. The van der Waals surface area contributed by atoms with E-state index in [1.54, 1.807) is 0 Å². The van der Waals surface area contributed by atoms with Gasteiger partial charge in [0.2, 0.25) is 0 Å². The fraction of sp³-hybridized carbons (Fsp3) is 0.600. The van der Waals surface area contributed by atoms with Gasteiger partial charge < -0.3 is 15.2 Å². The van der Waals surface area contributed by atoms with E-state index in [1.165, 1.54) is 0 Å². The van der Waals surface area contributed by atoms with Gasteiger partial charge in [0.1, 0.15) is 17.5 Å². The summed E-state index contributed by atoms with van der Waals surface area (Å²) in [6, 6.07) is 5.62. The van der Waals surface area contributed by atoms with Gasteiger partial charge in [0, 0.05) is 23.6 Å². The molecule has 1 atom stereocenters. The minimum atomic E-state index is -0.322. The molecule has 1 heterocycles. The highest BCUT2D eigenvalue weighted by Crippen LogP contribution is 2.40. The van der Waals surface area contributed by atoms with Crippen molar-refractivity contribution >= 4 is 11.6 Å². The molecule has 4 heteroatoms. The summed E-state index contributed by atoms with van der Waals surface area (Å²) in [6.07, 6.45) is 0.836. The number of ether oxygens (including phenoxy) is 2. The number of hydrogen-bond acceptors (Lipinski definition) is 3. The molecule has 0 aliphatic carbocycles. The second-order valence-electron chi connectivity index (χ2n) is 6.20. The summed E-state index contributed by atoms with van der Waals surface area (Å²) in [5, 5.41) is 0.649. The maximum Gasteiger partial charge on any atom is 0.130 e. The predicted molar refractivity (Wildman–Crippen MR) is 77.6 cm³/mol. The van der Waals surface area contributed by atoms with Crippen molar-refractivity contribution in [3.05, 3.63) is 28.8 Å². The molecule has 0 spiro atoms. The molecule has 1 unspecified atom stereocenters. The lowest BCUT2D eigenvalue weighted by Crippen LogP contribution is -2.37. The number of benzene rings is 1. The van der Waals surface area contributed by atoms with Crippen LogP contribution in [-0.2, 0) is 11.3 Å². The molecule has 19 heavy (non-hydrogen) atoms. The van der Waals surface area contributed by atoms with Gasteiger partial charge in [-0.3, -0.25) is 0 Å². The van der Waals surface area contributed by atoms with Crippen molar-refractivity contribution in [2.75, 3.05) is 0 Å². The molecule has 1 aliphatic rings. The van der Waals surface area contributed by atoms with E-state index < -0.39 is 0 Å². The number of halogens is 1. The van der Waals surface area contributed by atoms with Gasteiger partial charge in [0.15, 0.2) is 0 Å². The second kappa shape index (κ2) is 4.97. The molecular weight excluding hydrogens is 262 g/mol. The Morgan fingerprint density at radius 2 is 2.05 bits per heavy atom. The smallest absolute Gasteiger partial charge is 0.130 e. The second-order valence-corrected chi connectivity index (χ2v) is 6.60. The third-order valence-electron chi connectivity index (χ3n) is 3.54. The van der Waals surface area contributed by atoms with Crippen LogP contribution in [0.1, 0.15) is 39.7 Å². The van der Waals surface area contributed by atoms with Crippen molar-refractivity contribution < 1.29 is 9.47 Å². The lowest BCUT2D eigenvalue weighted by atomic mass is 9.97. The summed E-state index contributed by atoms with van der Waals surface area (Å²) in [7, 11) is 0. The highest BCUT2D eigenvalue weighted by Gasteiger charge is 2.47. The average molecular weight is 284 g/mol. The van der Waals surface area contributed by atoms with Crippen LogP contribution in [0.4, 0.5) is 0 Å². The monoisotopic (exact) mass is 283 g/mol. The van der Waals surface area contributed by atoms with E-state index in [1.807, 2.05) is 18.2 Å². The SMILES string of the molecule is CC1(C)CC(Oc2cccc(Cl)c2CN)C(C)(C)O1. The van der Waals surface area contributed by atoms with Crippen LogP contribution in [-0.4, -0.2) is 17.3 Å². The standard InChI is InChI=1S/C15H22ClNO2/c1-14(2)8-13(15(3,4)19-14)18-12-7-5-6-11(16)10(12)9-17/h5-7,13H,8-9,17H2,1-4H3. The van der Waals surface area contributed by atoms with Crippen LogP contribution in [0.5, 0.6) is 5.75 Å². The Morgan fingerprint density at radius 1 is 1.37 bits per heavy atom. The van der Waals surface area contributed by atoms with Gasteiger partial charge in [-0.1, -0.05) is 17.7 Å². The molecule has 3 nitrogen and oxygen atoms in total. The molecule has 0 amide bonds. The van der Waals surface area contributed by atoms with Crippen LogP contribution in [0.3, 0.4) is 0 Å². The van der Waals surface area contributed by atoms with Gasteiger partial charge in [-0.05, 0) is 39.8 Å². The molecular formula is C15H22ClNO2. The lowest BCUT2D eigenvalue weighted by Gasteiger charge is -2.28. The van der Waals surface area contributed by atoms with E-state index >= 15 is 0 Å². The molecule has 0 saturated carbocycles. The van der Waals surface area contributed by atoms with Gasteiger partial charge in [-0.15, -0.1) is 0 Å². The van der Waals surface area contributed by atoms with Gasteiger partial charge in [0.25, 0.3) is 0 Å². The number of nitrogens with two attached hydrogens (primary N) is 1. The number of rotatable bonds is 3. The minimum absolute atomic E-state index is 0.00809. The molecule has 1 aliphatic heterocycles. The van der Waals surface area contributed by atoms with Crippen molar-refractivity contribution in [1.29, 1.82) is 0 Å². The van der Waals surface area contributed by atoms with Crippen molar-refractivity contribution in [3.63, 3.8) is 0 Å². The van der Waals surface area contributed by atoms with Gasteiger partial charge >= 0.3 is 0 Å². The first-order chi connectivity index (χ1) is 8.75. The third kappa shape index (κ3) is 3.04. The van der Waals surface area contributed by atoms with Crippen LogP contribution in [0, 0.1) is 0 Å². The Bertz CT molecular complexity index is 471. The molecule has 0 aromatic heterocycles. The quantitative estimate of drug-likeness (QED) is 0.923. The first-order valence-corrected chi connectivity index (χ1v) is 6.97. The summed E-state index contributed by atoms with van der Waals surface area (Å²) in [6.45, 7) is 8.64. The Labute approximate surface area is 120 Å². The zero-order valence-corrected chi connectivity index (χ0v) is 12.8. The van der Waals surface area contributed by atoms with Crippen molar-refractivity contribution in [2.45, 2.75) is 58.0 Å². The molecule has 1 aromatic rings. The predicted octanol–water partition coefficient (Wildman–Crippen LogP) is 3.52. The lowest BCUT2D eigenvalue weighted by molar-refractivity contribution is -0.0846.